The van der Waals surface area contributed by atoms with Crippen LogP contribution in [0.2, 0.25) is 0 Å². The molecule has 0 spiro atoms. The fourth-order valence-corrected chi connectivity index (χ4v) is 1.77. The molecule has 2 atom stereocenters. The summed E-state index contributed by atoms with van der Waals surface area (Å²) < 4.78 is 5.06. The number of carbonyl (C=O) groups is 1. The van der Waals surface area contributed by atoms with Crippen LogP contribution in [0.15, 0.2) is 30.3 Å². The highest BCUT2D eigenvalue weighted by molar-refractivity contribution is 5.67. The van der Waals surface area contributed by atoms with Gasteiger partial charge in [0.1, 0.15) is 6.61 Å². The van der Waals surface area contributed by atoms with Gasteiger partial charge in [-0.1, -0.05) is 30.3 Å². The number of benzene rings is 1. The Labute approximate surface area is 101 Å². The second kappa shape index (κ2) is 5.68. The van der Waals surface area contributed by atoms with Crippen molar-refractivity contribution in [2.24, 2.45) is 11.8 Å². The summed E-state index contributed by atoms with van der Waals surface area (Å²) in [4.78, 5) is 11.3. The lowest BCUT2D eigenvalue weighted by Gasteiger charge is -2.06. The molecule has 0 saturated heterocycles. The first-order valence-corrected chi connectivity index (χ1v) is 5.85. The molecule has 0 aromatic heterocycles. The maximum absolute atomic E-state index is 11.3. The molecule has 1 aromatic carbocycles. The lowest BCUT2D eigenvalue weighted by Crippen LogP contribution is -2.26. The topological polar surface area (TPSA) is 58.6 Å². The van der Waals surface area contributed by atoms with E-state index in [1.165, 1.54) is 0 Å². The van der Waals surface area contributed by atoms with Crippen LogP contribution in [0.4, 0.5) is 4.79 Å². The predicted molar refractivity (Wildman–Crippen MR) is 63.3 cm³/mol. The third-order valence-electron chi connectivity index (χ3n) is 3.02. The summed E-state index contributed by atoms with van der Waals surface area (Å²) in [6.07, 6.45) is 0.604. The van der Waals surface area contributed by atoms with E-state index in [0.717, 1.165) is 12.0 Å². The van der Waals surface area contributed by atoms with Crippen molar-refractivity contribution >= 4 is 6.09 Å². The molecule has 1 fully saturated rings. The number of alkyl carbamates (subject to hydrolysis) is 1. The molecular weight excluding hydrogens is 218 g/mol. The molecule has 1 saturated carbocycles. The third-order valence-corrected chi connectivity index (χ3v) is 3.02. The number of nitrogens with one attached hydrogen (secondary N) is 1. The van der Waals surface area contributed by atoms with E-state index in [1.54, 1.807) is 0 Å². The molecule has 0 aliphatic heterocycles. The summed E-state index contributed by atoms with van der Waals surface area (Å²) >= 11 is 0. The van der Waals surface area contributed by atoms with Gasteiger partial charge in [0.15, 0.2) is 0 Å². The zero-order chi connectivity index (χ0) is 12.1. The number of hydrogen-bond donors (Lipinski definition) is 2. The Morgan fingerprint density at radius 1 is 1.35 bits per heavy atom. The van der Waals surface area contributed by atoms with Gasteiger partial charge in [-0.05, 0) is 23.8 Å². The van der Waals surface area contributed by atoms with Crippen molar-refractivity contribution in [1.82, 2.24) is 5.32 Å². The summed E-state index contributed by atoms with van der Waals surface area (Å²) in [5, 5.41) is 11.6. The van der Waals surface area contributed by atoms with Crippen LogP contribution < -0.4 is 5.32 Å². The molecule has 0 unspecified atom stereocenters. The Kier molecular flexibility index (Phi) is 3.98. The van der Waals surface area contributed by atoms with Gasteiger partial charge in [0, 0.05) is 13.2 Å². The molecular formula is C13H17NO3. The molecule has 1 aromatic rings. The van der Waals surface area contributed by atoms with Gasteiger partial charge in [-0.3, -0.25) is 0 Å². The molecule has 2 N–H and O–H groups in total. The number of aliphatic hydroxyl groups is 1. The highest BCUT2D eigenvalue weighted by Crippen LogP contribution is 2.36. The quantitative estimate of drug-likeness (QED) is 0.814. The zero-order valence-corrected chi connectivity index (χ0v) is 9.63. The minimum Gasteiger partial charge on any atom is -0.445 e. The van der Waals surface area contributed by atoms with Crippen LogP contribution >= 0.6 is 0 Å². The summed E-state index contributed by atoms with van der Waals surface area (Å²) in [5.41, 5.74) is 0.974. The molecule has 4 nitrogen and oxygen atoms in total. The van der Waals surface area contributed by atoms with Crippen molar-refractivity contribution in [3.63, 3.8) is 0 Å². The third kappa shape index (κ3) is 3.75. The molecule has 1 aliphatic carbocycles. The van der Waals surface area contributed by atoms with Gasteiger partial charge in [-0.15, -0.1) is 0 Å². The lowest BCUT2D eigenvalue weighted by molar-refractivity contribution is 0.139. The predicted octanol–water partition coefficient (Wildman–Crippen LogP) is 1.54. The molecule has 0 bridgehead atoms. The van der Waals surface area contributed by atoms with Gasteiger partial charge in [0.05, 0.1) is 0 Å². The van der Waals surface area contributed by atoms with Crippen LogP contribution in [0.1, 0.15) is 12.0 Å². The fraction of sp³-hybridized carbons (Fsp3) is 0.462. The molecule has 0 heterocycles. The van der Waals surface area contributed by atoms with Crippen LogP contribution in [-0.4, -0.2) is 24.4 Å². The molecule has 0 radical (unpaired) electrons. The average molecular weight is 235 g/mol. The van der Waals surface area contributed by atoms with E-state index in [-0.39, 0.29) is 6.61 Å². The summed E-state index contributed by atoms with van der Waals surface area (Å²) in [6, 6.07) is 9.57. The summed E-state index contributed by atoms with van der Waals surface area (Å²) in [6.45, 7) is 1.10. The Hall–Kier alpha value is -1.55. The number of rotatable bonds is 5. The number of amides is 1. The van der Waals surface area contributed by atoms with Crippen LogP contribution in [0.3, 0.4) is 0 Å². The molecule has 2 rings (SSSR count). The van der Waals surface area contributed by atoms with Crippen LogP contribution in [0.5, 0.6) is 0 Å². The normalized spacial score (nSPS) is 21.9. The zero-order valence-electron chi connectivity index (χ0n) is 9.63. The second-order valence-electron chi connectivity index (χ2n) is 4.38. The standard InChI is InChI=1S/C13H17NO3/c15-8-12-6-11(12)7-14-13(16)17-9-10-4-2-1-3-5-10/h1-5,11-12,15H,6-9H2,(H,14,16)/t11-,12+/m1/s1. The number of ether oxygens (including phenoxy) is 1. The van der Waals surface area contributed by atoms with Gasteiger partial charge >= 0.3 is 6.09 Å². The Bertz CT molecular complexity index is 366. The molecule has 1 amide bonds. The molecule has 4 heteroatoms. The molecule has 92 valence electrons. The number of hydrogen-bond acceptors (Lipinski definition) is 3. The van der Waals surface area contributed by atoms with Crippen LogP contribution in [-0.2, 0) is 11.3 Å². The van der Waals surface area contributed by atoms with Crippen molar-refractivity contribution in [2.45, 2.75) is 13.0 Å². The van der Waals surface area contributed by atoms with Crippen molar-refractivity contribution in [1.29, 1.82) is 0 Å². The summed E-state index contributed by atoms with van der Waals surface area (Å²) in [7, 11) is 0. The van der Waals surface area contributed by atoms with Gasteiger partial charge in [0.25, 0.3) is 0 Å². The first-order chi connectivity index (χ1) is 8.29. The van der Waals surface area contributed by atoms with Crippen LogP contribution in [0, 0.1) is 11.8 Å². The second-order valence-corrected chi connectivity index (χ2v) is 4.38. The van der Waals surface area contributed by atoms with E-state index in [9.17, 15) is 4.79 Å². The number of aliphatic hydroxyl groups excluding tert-OH is 1. The maximum atomic E-state index is 11.3. The van der Waals surface area contributed by atoms with Gasteiger partial charge in [-0.2, -0.15) is 0 Å². The average Bonchev–Trinajstić information content (AvgIpc) is 3.14. The van der Waals surface area contributed by atoms with Crippen molar-refractivity contribution < 1.29 is 14.6 Å². The maximum Gasteiger partial charge on any atom is 0.407 e. The largest absolute Gasteiger partial charge is 0.445 e. The fourth-order valence-electron chi connectivity index (χ4n) is 1.77. The van der Waals surface area contributed by atoms with E-state index >= 15 is 0 Å². The van der Waals surface area contributed by atoms with Gasteiger partial charge in [0.2, 0.25) is 0 Å². The Balaban J connectivity index is 1.61. The van der Waals surface area contributed by atoms with Gasteiger partial charge in [-0.25, -0.2) is 4.79 Å². The lowest BCUT2D eigenvalue weighted by atomic mass is 10.2. The monoisotopic (exact) mass is 235 g/mol. The van der Waals surface area contributed by atoms with Gasteiger partial charge < -0.3 is 15.2 Å². The van der Waals surface area contributed by atoms with E-state index in [0.29, 0.717) is 25.0 Å². The molecule has 17 heavy (non-hydrogen) atoms. The first-order valence-electron chi connectivity index (χ1n) is 5.85. The van der Waals surface area contributed by atoms with E-state index < -0.39 is 6.09 Å². The minimum atomic E-state index is -0.391. The van der Waals surface area contributed by atoms with E-state index in [4.69, 9.17) is 9.84 Å². The van der Waals surface area contributed by atoms with Crippen LogP contribution in [0.25, 0.3) is 0 Å². The van der Waals surface area contributed by atoms with Crippen molar-refractivity contribution in [2.75, 3.05) is 13.2 Å². The highest BCUT2D eigenvalue weighted by Gasteiger charge is 2.36. The molecule has 1 aliphatic rings. The van der Waals surface area contributed by atoms with E-state index in [2.05, 4.69) is 5.32 Å². The van der Waals surface area contributed by atoms with E-state index in [1.807, 2.05) is 30.3 Å². The summed E-state index contributed by atoms with van der Waals surface area (Å²) in [5.74, 6) is 0.786. The van der Waals surface area contributed by atoms with Crippen molar-refractivity contribution in [3.8, 4) is 0 Å². The first kappa shape index (κ1) is 11.9. The SMILES string of the molecule is O=C(NC[C@H]1C[C@H]1CO)OCc1ccccc1. The van der Waals surface area contributed by atoms with Crippen molar-refractivity contribution in [3.05, 3.63) is 35.9 Å². The Morgan fingerprint density at radius 3 is 2.76 bits per heavy atom. The number of carbonyl (C=O) groups excluding carboxylic acids is 1. The minimum absolute atomic E-state index is 0.214. The Morgan fingerprint density at radius 2 is 2.12 bits per heavy atom. The smallest absolute Gasteiger partial charge is 0.407 e. The highest BCUT2D eigenvalue weighted by atomic mass is 16.5.